The zero-order valence-electron chi connectivity index (χ0n) is 30.8. The monoisotopic (exact) mass is 727 g/mol. The number of hydrogen-bond donors (Lipinski definition) is 0. The van der Waals surface area contributed by atoms with Gasteiger partial charge in [-0.3, -0.25) is 0 Å². The Morgan fingerprint density at radius 2 is 0.947 bits per heavy atom. The second-order valence-corrected chi connectivity index (χ2v) is 14.9. The summed E-state index contributed by atoms with van der Waals surface area (Å²) in [4.78, 5) is 10.7. The molecule has 0 saturated carbocycles. The van der Waals surface area contributed by atoms with Gasteiger partial charge in [-0.1, -0.05) is 158 Å². The minimum atomic E-state index is -0.629. The number of hydrogen-bond acceptors (Lipinski definition) is 3. The molecule has 10 aromatic rings. The fourth-order valence-electron chi connectivity index (χ4n) is 9.56. The molecule has 0 bridgehead atoms. The van der Waals surface area contributed by atoms with E-state index in [2.05, 4.69) is 187 Å². The van der Waals surface area contributed by atoms with Crippen LogP contribution in [0.5, 0.6) is 11.5 Å². The molecule has 4 heteroatoms. The molecule has 8 aromatic carbocycles. The third kappa shape index (κ3) is 4.56. The molecular weight excluding hydrogens is 695 g/mol. The van der Waals surface area contributed by atoms with Crippen molar-refractivity contribution in [2.75, 3.05) is 0 Å². The maximum atomic E-state index is 6.65. The molecule has 0 radical (unpaired) electrons. The molecule has 1 aliphatic carbocycles. The standard InChI is InChI=1S/C53H33N3O/c1-2-15-35(16-3-1)52-54-45(34-29-31-36(32-30-34)56-47-25-10-5-18-38(47)39-19-6-11-26-48(39)56)33-46(55-52)41-21-14-20-40-37-17-4-7-22-42(37)53(51(40)41)43-23-8-12-27-49(43)57-50-28-13-9-24-44(50)53/h1-33H. The zero-order valence-corrected chi connectivity index (χ0v) is 30.8. The van der Waals surface area contributed by atoms with Crippen molar-refractivity contribution in [1.29, 1.82) is 0 Å². The number of fused-ring (bicyclic) bond motifs is 12. The van der Waals surface area contributed by atoms with Crippen molar-refractivity contribution >= 4 is 21.8 Å². The van der Waals surface area contributed by atoms with Gasteiger partial charge in [-0.15, -0.1) is 0 Å². The van der Waals surface area contributed by atoms with E-state index in [0.717, 1.165) is 56.4 Å². The summed E-state index contributed by atoms with van der Waals surface area (Å²) in [6.45, 7) is 0. The Hall–Kier alpha value is -7.56. The molecule has 2 aromatic heterocycles. The lowest BCUT2D eigenvalue weighted by Gasteiger charge is -2.40. The van der Waals surface area contributed by atoms with E-state index in [4.69, 9.17) is 14.7 Å². The number of aromatic nitrogens is 3. The second kappa shape index (κ2) is 12.2. The van der Waals surface area contributed by atoms with E-state index in [1.54, 1.807) is 0 Å². The van der Waals surface area contributed by atoms with Crippen LogP contribution in [0.15, 0.2) is 200 Å². The lowest BCUT2D eigenvalue weighted by molar-refractivity contribution is 0.436. The topological polar surface area (TPSA) is 39.9 Å². The molecule has 266 valence electrons. The third-order valence-corrected chi connectivity index (χ3v) is 11.9. The van der Waals surface area contributed by atoms with Crippen molar-refractivity contribution in [3.8, 4) is 62.2 Å². The van der Waals surface area contributed by atoms with Crippen LogP contribution in [0.3, 0.4) is 0 Å². The van der Waals surface area contributed by atoms with Crippen LogP contribution < -0.4 is 4.74 Å². The summed E-state index contributed by atoms with van der Waals surface area (Å²) in [7, 11) is 0. The Kier molecular flexibility index (Phi) is 6.81. The van der Waals surface area contributed by atoms with E-state index < -0.39 is 5.41 Å². The molecule has 4 nitrogen and oxygen atoms in total. The quantitative estimate of drug-likeness (QED) is 0.181. The summed E-state index contributed by atoms with van der Waals surface area (Å²) in [6, 6.07) is 71.1. The van der Waals surface area contributed by atoms with Crippen LogP contribution in [0, 0.1) is 0 Å². The molecule has 57 heavy (non-hydrogen) atoms. The third-order valence-electron chi connectivity index (χ3n) is 11.9. The smallest absolute Gasteiger partial charge is 0.160 e. The van der Waals surface area contributed by atoms with Crippen molar-refractivity contribution < 1.29 is 4.74 Å². The van der Waals surface area contributed by atoms with Crippen molar-refractivity contribution in [3.63, 3.8) is 0 Å². The van der Waals surface area contributed by atoms with Crippen LogP contribution in [-0.2, 0) is 5.41 Å². The van der Waals surface area contributed by atoms with Crippen LogP contribution >= 0.6 is 0 Å². The highest BCUT2D eigenvalue weighted by Crippen LogP contribution is 2.63. The Morgan fingerprint density at radius 3 is 1.65 bits per heavy atom. The zero-order chi connectivity index (χ0) is 37.5. The summed E-state index contributed by atoms with van der Waals surface area (Å²) in [6.07, 6.45) is 0. The Labute approximate surface area is 330 Å². The van der Waals surface area contributed by atoms with Crippen LogP contribution in [-0.4, -0.2) is 14.5 Å². The summed E-state index contributed by atoms with van der Waals surface area (Å²) < 4.78 is 9.00. The number of rotatable bonds is 4. The summed E-state index contributed by atoms with van der Waals surface area (Å²) >= 11 is 0. The highest BCUT2D eigenvalue weighted by atomic mass is 16.5. The Morgan fingerprint density at radius 1 is 0.404 bits per heavy atom. The van der Waals surface area contributed by atoms with Crippen LogP contribution in [0.4, 0.5) is 0 Å². The molecule has 0 atom stereocenters. The summed E-state index contributed by atoms with van der Waals surface area (Å²) in [5, 5.41) is 2.49. The highest BCUT2D eigenvalue weighted by molar-refractivity contribution is 6.09. The Balaban J connectivity index is 1.09. The van der Waals surface area contributed by atoms with Gasteiger partial charge in [0.1, 0.15) is 11.5 Å². The minimum Gasteiger partial charge on any atom is -0.457 e. The fourth-order valence-corrected chi connectivity index (χ4v) is 9.56. The van der Waals surface area contributed by atoms with E-state index in [1.165, 1.54) is 44.1 Å². The van der Waals surface area contributed by atoms with Crippen molar-refractivity contribution in [3.05, 3.63) is 222 Å². The lowest BCUT2D eigenvalue weighted by Crippen LogP contribution is -2.32. The highest BCUT2D eigenvalue weighted by Gasteiger charge is 2.52. The first-order chi connectivity index (χ1) is 28.3. The molecule has 1 spiro atoms. The van der Waals surface area contributed by atoms with Gasteiger partial charge in [0, 0.05) is 44.3 Å². The molecule has 0 amide bonds. The SMILES string of the molecule is c1ccc(-c2nc(-c3ccc(-n4c5ccccc5c5ccccc54)cc3)cc(-c3cccc4c3C3(c5ccccc5Oc5ccccc53)c3ccccc3-4)n2)cc1. The molecule has 12 rings (SSSR count). The average Bonchev–Trinajstić information content (AvgIpc) is 3.78. The van der Waals surface area contributed by atoms with E-state index in [0.29, 0.717) is 5.82 Å². The van der Waals surface area contributed by atoms with Gasteiger partial charge in [0.2, 0.25) is 0 Å². The molecular formula is C53H33N3O. The van der Waals surface area contributed by atoms with Gasteiger partial charge < -0.3 is 9.30 Å². The molecule has 0 unspecified atom stereocenters. The van der Waals surface area contributed by atoms with Gasteiger partial charge in [-0.2, -0.15) is 0 Å². The average molecular weight is 728 g/mol. The first-order valence-electron chi connectivity index (χ1n) is 19.4. The number of benzene rings is 8. The van der Waals surface area contributed by atoms with E-state index >= 15 is 0 Å². The molecule has 1 aliphatic heterocycles. The van der Waals surface area contributed by atoms with Crippen LogP contribution in [0.25, 0.3) is 72.5 Å². The van der Waals surface area contributed by atoms with Crippen LogP contribution in [0.1, 0.15) is 22.3 Å². The first kappa shape index (κ1) is 31.8. The fraction of sp³-hybridized carbons (Fsp3) is 0.0189. The normalized spacial score (nSPS) is 13.2. The maximum Gasteiger partial charge on any atom is 0.160 e. The summed E-state index contributed by atoms with van der Waals surface area (Å²) in [5.41, 5.74) is 14.8. The van der Waals surface area contributed by atoms with Gasteiger partial charge in [-0.05, 0) is 64.7 Å². The number of nitrogens with zero attached hydrogens (tertiary/aromatic N) is 3. The first-order valence-corrected chi connectivity index (χ1v) is 19.4. The van der Waals surface area contributed by atoms with Gasteiger partial charge in [0.15, 0.2) is 5.82 Å². The predicted molar refractivity (Wildman–Crippen MR) is 230 cm³/mol. The van der Waals surface area contributed by atoms with E-state index in [-0.39, 0.29) is 0 Å². The second-order valence-electron chi connectivity index (χ2n) is 14.9. The molecule has 0 saturated heterocycles. The predicted octanol–water partition coefficient (Wildman–Crippen LogP) is 13.0. The van der Waals surface area contributed by atoms with Gasteiger partial charge in [0.25, 0.3) is 0 Å². The van der Waals surface area contributed by atoms with Crippen molar-refractivity contribution in [2.45, 2.75) is 5.41 Å². The summed E-state index contributed by atoms with van der Waals surface area (Å²) in [5.74, 6) is 2.42. The van der Waals surface area contributed by atoms with Crippen LogP contribution in [0.2, 0.25) is 0 Å². The van der Waals surface area contributed by atoms with Crippen molar-refractivity contribution in [2.24, 2.45) is 0 Å². The molecule has 0 fully saturated rings. The molecule has 3 heterocycles. The van der Waals surface area contributed by atoms with E-state index in [9.17, 15) is 0 Å². The van der Waals surface area contributed by atoms with Gasteiger partial charge >= 0.3 is 0 Å². The number of para-hydroxylation sites is 4. The Bertz CT molecular complexity index is 3120. The van der Waals surface area contributed by atoms with Gasteiger partial charge in [0.05, 0.1) is 27.8 Å². The number of ether oxygens (including phenoxy) is 1. The largest absolute Gasteiger partial charge is 0.457 e. The molecule has 2 aliphatic rings. The minimum absolute atomic E-state index is 0.629. The van der Waals surface area contributed by atoms with Gasteiger partial charge in [-0.25, -0.2) is 9.97 Å². The van der Waals surface area contributed by atoms with E-state index in [1.807, 2.05) is 18.2 Å². The van der Waals surface area contributed by atoms with Crippen molar-refractivity contribution in [1.82, 2.24) is 14.5 Å². The lowest BCUT2D eigenvalue weighted by atomic mass is 9.65. The maximum absolute atomic E-state index is 6.65. The molecule has 0 N–H and O–H groups in total.